The van der Waals surface area contributed by atoms with E-state index in [4.69, 9.17) is 5.73 Å². The van der Waals surface area contributed by atoms with E-state index in [9.17, 15) is 8.42 Å². The first-order valence-corrected chi connectivity index (χ1v) is 8.11. The van der Waals surface area contributed by atoms with E-state index in [0.717, 1.165) is 19.3 Å². The van der Waals surface area contributed by atoms with Crippen molar-refractivity contribution in [1.29, 1.82) is 0 Å². The normalized spacial score (nSPS) is 17.9. The molecule has 0 radical (unpaired) electrons. The molecule has 2 rings (SSSR count). The lowest BCUT2D eigenvalue weighted by Gasteiger charge is -2.23. The molecule has 0 amide bonds. The smallest absolute Gasteiger partial charge is 0.246 e. The van der Waals surface area contributed by atoms with E-state index < -0.39 is 10.0 Å². The maximum absolute atomic E-state index is 12.4. The summed E-state index contributed by atoms with van der Waals surface area (Å²) in [5.74, 6) is 0.507. The number of sulfonamides is 1. The van der Waals surface area contributed by atoms with Crippen molar-refractivity contribution in [3.63, 3.8) is 0 Å². The highest BCUT2D eigenvalue weighted by Gasteiger charge is 2.36. The first kappa shape index (κ1) is 14.5. The molecule has 0 bridgehead atoms. The van der Waals surface area contributed by atoms with E-state index in [1.807, 2.05) is 6.92 Å². The van der Waals surface area contributed by atoms with Crippen molar-refractivity contribution in [2.75, 3.05) is 13.6 Å². The van der Waals surface area contributed by atoms with Crippen LogP contribution in [0.4, 0.5) is 0 Å². The van der Waals surface area contributed by atoms with Gasteiger partial charge in [-0.2, -0.15) is 9.40 Å². The molecule has 2 N–H and O–H groups in total. The Bertz CT molecular complexity index is 522. The Kier molecular flexibility index (Phi) is 4.27. The summed E-state index contributed by atoms with van der Waals surface area (Å²) in [6, 6.07) is 0.0531. The average Bonchev–Trinajstić information content (AvgIpc) is 3.12. The zero-order chi connectivity index (χ0) is 14.0. The summed E-state index contributed by atoms with van der Waals surface area (Å²) in [7, 11) is -1.78. The van der Waals surface area contributed by atoms with Crippen LogP contribution in [0, 0.1) is 5.92 Å². The fourth-order valence-corrected chi connectivity index (χ4v) is 3.49. The predicted octanol–water partition coefficient (Wildman–Crippen LogP) is 0.651. The van der Waals surface area contributed by atoms with Crippen LogP contribution in [0.3, 0.4) is 0 Å². The number of nitrogens with zero attached hydrogens (tertiary/aromatic N) is 3. The molecule has 1 aliphatic rings. The van der Waals surface area contributed by atoms with Crippen LogP contribution >= 0.6 is 0 Å². The van der Waals surface area contributed by atoms with Gasteiger partial charge in [-0.25, -0.2) is 8.42 Å². The highest BCUT2D eigenvalue weighted by molar-refractivity contribution is 7.89. The van der Waals surface area contributed by atoms with Gasteiger partial charge in [0.05, 0.1) is 6.20 Å². The molecule has 0 aliphatic heterocycles. The lowest BCUT2D eigenvalue weighted by Crippen LogP contribution is -2.36. The minimum atomic E-state index is -3.43. The molecule has 1 aromatic rings. The molecule has 1 aliphatic carbocycles. The van der Waals surface area contributed by atoms with Crippen molar-refractivity contribution in [2.24, 2.45) is 11.7 Å². The van der Waals surface area contributed by atoms with E-state index in [0.29, 0.717) is 19.0 Å². The number of hydrogen-bond donors (Lipinski definition) is 1. The molecule has 7 heteroatoms. The van der Waals surface area contributed by atoms with Crippen molar-refractivity contribution in [3.05, 3.63) is 12.4 Å². The van der Waals surface area contributed by atoms with Gasteiger partial charge in [-0.15, -0.1) is 0 Å². The van der Waals surface area contributed by atoms with Gasteiger partial charge in [0, 0.05) is 25.8 Å². The third-order valence-electron chi connectivity index (χ3n) is 3.76. The molecule has 1 unspecified atom stereocenters. The minimum Gasteiger partial charge on any atom is -0.330 e. The second-order valence-corrected chi connectivity index (χ2v) is 7.18. The van der Waals surface area contributed by atoms with E-state index in [1.54, 1.807) is 17.9 Å². The van der Waals surface area contributed by atoms with Crippen LogP contribution in [0.25, 0.3) is 0 Å². The van der Waals surface area contributed by atoms with Gasteiger partial charge < -0.3 is 5.73 Å². The zero-order valence-corrected chi connectivity index (χ0v) is 12.3. The Labute approximate surface area is 114 Å². The average molecular weight is 286 g/mol. The van der Waals surface area contributed by atoms with E-state index >= 15 is 0 Å². The summed E-state index contributed by atoms with van der Waals surface area (Å²) in [5, 5.41) is 4.08. The highest BCUT2D eigenvalue weighted by atomic mass is 32.2. The lowest BCUT2D eigenvalue weighted by atomic mass is 10.2. The van der Waals surface area contributed by atoms with Gasteiger partial charge in [-0.1, -0.05) is 0 Å². The molecule has 1 aromatic heterocycles. The molecule has 1 heterocycles. The summed E-state index contributed by atoms with van der Waals surface area (Å²) in [5.41, 5.74) is 5.43. The summed E-state index contributed by atoms with van der Waals surface area (Å²) in [6.45, 7) is 3.18. The Balaban J connectivity index is 2.11. The SMILES string of the molecule is CC(C1CC1)N(C)S(=O)(=O)c1cnn(CCCN)c1. The summed E-state index contributed by atoms with van der Waals surface area (Å²) in [6.07, 6.45) is 6.03. The van der Waals surface area contributed by atoms with Gasteiger partial charge in [-0.3, -0.25) is 4.68 Å². The van der Waals surface area contributed by atoms with E-state index in [1.165, 1.54) is 10.5 Å². The van der Waals surface area contributed by atoms with Crippen LogP contribution in [-0.4, -0.2) is 42.1 Å². The van der Waals surface area contributed by atoms with Crippen molar-refractivity contribution in [1.82, 2.24) is 14.1 Å². The van der Waals surface area contributed by atoms with Gasteiger partial charge in [0.15, 0.2) is 0 Å². The highest BCUT2D eigenvalue weighted by Crippen LogP contribution is 2.36. The molecule has 6 nitrogen and oxygen atoms in total. The molecule has 1 fully saturated rings. The Hall–Kier alpha value is -0.920. The van der Waals surface area contributed by atoms with Gasteiger partial charge in [0.1, 0.15) is 4.90 Å². The van der Waals surface area contributed by atoms with Gasteiger partial charge in [-0.05, 0) is 38.6 Å². The standard InChI is InChI=1S/C12H22N4O2S/c1-10(11-4-5-11)15(2)19(17,18)12-8-14-16(9-12)7-3-6-13/h8-11H,3-7,13H2,1-2H3. The molecule has 0 aromatic carbocycles. The van der Waals surface area contributed by atoms with Crippen LogP contribution in [-0.2, 0) is 16.6 Å². The maximum atomic E-state index is 12.4. The molecule has 1 saturated carbocycles. The molecular weight excluding hydrogens is 264 g/mol. The largest absolute Gasteiger partial charge is 0.330 e. The Morgan fingerprint density at radius 3 is 2.84 bits per heavy atom. The minimum absolute atomic E-state index is 0.0531. The quantitative estimate of drug-likeness (QED) is 0.798. The summed E-state index contributed by atoms with van der Waals surface area (Å²) < 4.78 is 28.0. The number of hydrogen-bond acceptors (Lipinski definition) is 4. The summed E-state index contributed by atoms with van der Waals surface area (Å²) >= 11 is 0. The van der Waals surface area contributed by atoms with Gasteiger partial charge in [0.25, 0.3) is 0 Å². The van der Waals surface area contributed by atoms with Crippen molar-refractivity contribution in [2.45, 2.75) is 43.7 Å². The van der Waals surface area contributed by atoms with Gasteiger partial charge in [0.2, 0.25) is 10.0 Å². The molecule has 1 atom stereocenters. The fraction of sp³-hybridized carbons (Fsp3) is 0.750. The van der Waals surface area contributed by atoms with Crippen LogP contribution < -0.4 is 5.73 Å². The Morgan fingerprint density at radius 2 is 2.26 bits per heavy atom. The molecular formula is C12H22N4O2S. The van der Waals surface area contributed by atoms with E-state index in [2.05, 4.69) is 5.10 Å². The predicted molar refractivity (Wildman–Crippen MR) is 73.0 cm³/mol. The van der Waals surface area contributed by atoms with Crippen LogP contribution in [0.5, 0.6) is 0 Å². The van der Waals surface area contributed by atoms with Crippen molar-refractivity contribution in [3.8, 4) is 0 Å². The molecule has 108 valence electrons. The second kappa shape index (κ2) is 5.60. The first-order chi connectivity index (χ1) is 8.96. The second-order valence-electron chi connectivity index (χ2n) is 5.18. The number of aromatic nitrogens is 2. The topological polar surface area (TPSA) is 81.2 Å². The zero-order valence-electron chi connectivity index (χ0n) is 11.5. The lowest BCUT2D eigenvalue weighted by molar-refractivity contribution is 0.357. The van der Waals surface area contributed by atoms with Crippen molar-refractivity contribution < 1.29 is 8.42 Å². The molecule has 0 spiro atoms. The van der Waals surface area contributed by atoms with Crippen LogP contribution in [0.1, 0.15) is 26.2 Å². The number of rotatable bonds is 7. The number of aryl methyl sites for hydroxylation is 1. The first-order valence-electron chi connectivity index (χ1n) is 6.67. The maximum Gasteiger partial charge on any atom is 0.246 e. The molecule has 19 heavy (non-hydrogen) atoms. The monoisotopic (exact) mass is 286 g/mol. The van der Waals surface area contributed by atoms with Crippen molar-refractivity contribution >= 4 is 10.0 Å². The summed E-state index contributed by atoms with van der Waals surface area (Å²) in [4.78, 5) is 0.263. The Morgan fingerprint density at radius 1 is 1.58 bits per heavy atom. The van der Waals surface area contributed by atoms with E-state index in [-0.39, 0.29) is 10.9 Å². The van der Waals surface area contributed by atoms with Gasteiger partial charge >= 0.3 is 0 Å². The molecule has 0 saturated heterocycles. The third-order valence-corrected chi connectivity index (χ3v) is 5.65. The van der Waals surface area contributed by atoms with Crippen LogP contribution in [0.15, 0.2) is 17.3 Å². The fourth-order valence-electron chi connectivity index (χ4n) is 2.11. The van der Waals surface area contributed by atoms with Crippen LogP contribution in [0.2, 0.25) is 0 Å². The number of nitrogens with two attached hydrogens (primary N) is 1. The third kappa shape index (κ3) is 3.16.